The maximum absolute atomic E-state index is 3.51. The van der Waals surface area contributed by atoms with Crippen molar-refractivity contribution in [1.29, 1.82) is 0 Å². The highest BCUT2D eigenvalue weighted by molar-refractivity contribution is 5.86. The minimum Gasteiger partial charge on any atom is -0.317 e. The van der Waals surface area contributed by atoms with Gasteiger partial charge in [-0.25, -0.2) is 0 Å². The number of fused-ring (bicyclic) bond motifs is 1. The van der Waals surface area contributed by atoms with Crippen molar-refractivity contribution >= 4 is 10.8 Å². The summed E-state index contributed by atoms with van der Waals surface area (Å²) >= 11 is 0. The lowest BCUT2D eigenvalue weighted by molar-refractivity contribution is 0.172. The van der Waals surface area contributed by atoms with Crippen molar-refractivity contribution in [2.45, 2.75) is 52.4 Å². The van der Waals surface area contributed by atoms with Crippen molar-refractivity contribution in [2.24, 2.45) is 5.41 Å². The van der Waals surface area contributed by atoms with Gasteiger partial charge in [0.1, 0.15) is 0 Å². The summed E-state index contributed by atoms with van der Waals surface area (Å²) in [6.45, 7) is 6.99. The molecule has 0 spiro atoms. The fourth-order valence-electron chi connectivity index (χ4n) is 4.06. The molecule has 0 unspecified atom stereocenters. The summed E-state index contributed by atoms with van der Waals surface area (Å²) in [6, 6.07) is 13.6. The zero-order valence-electron chi connectivity index (χ0n) is 14.1. The van der Waals surface area contributed by atoms with Crippen molar-refractivity contribution in [2.75, 3.05) is 13.1 Å². The minimum atomic E-state index is 0.603. The molecule has 1 N–H and O–H groups in total. The maximum Gasteiger partial charge on any atom is -0.00436 e. The Balaban J connectivity index is 1.70. The largest absolute Gasteiger partial charge is 0.317 e. The van der Waals surface area contributed by atoms with E-state index in [1.807, 2.05) is 0 Å². The Labute approximate surface area is 135 Å². The van der Waals surface area contributed by atoms with E-state index in [2.05, 4.69) is 55.6 Å². The first-order valence-electron chi connectivity index (χ1n) is 8.91. The number of hydrogen-bond donors (Lipinski definition) is 1. The van der Waals surface area contributed by atoms with Crippen LogP contribution in [0.3, 0.4) is 0 Å². The molecule has 1 saturated heterocycles. The quantitative estimate of drug-likeness (QED) is 0.794. The van der Waals surface area contributed by atoms with Gasteiger partial charge >= 0.3 is 0 Å². The van der Waals surface area contributed by atoms with Gasteiger partial charge in [-0.15, -0.1) is 0 Å². The van der Waals surface area contributed by atoms with Crippen LogP contribution < -0.4 is 5.32 Å². The first kappa shape index (κ1) is 15.6. The van der Waals surface area contributed by atoms with Crippen LogP contribution >= 0.6 is 0 Å². The van der Waals surface area contributed by atoms with Crippen LogP contribution in [0.1, 0.15) is 50.2 Å². The second-order valence-corrected chi connectivity index (χ2v) is 7.10. The Morgan fingerprint density at radius 2 is 1.91 bits per heavy atom. The molecule has 0 saturated carbocycles. The SMILES string of the molecule is CCC1(CCCc2cccc3ccc(C)cc23)CCNCC1. The molecule has 1 aliphatic heterocycles. The maximum atomic E-state index is 3.51. The molecule has 0 radical (unpaired) electrons. The summed E-state index contributed by atoms with van der Waals surface area (Å²) in [4.78, 5) is 0. The molecule has 0 bridgehead atoms. The van der Waals surface area contributed by atoms with E-state index in [9.17, 15) is 0 Å². The van der Waals surface area contributed by atoms with Crippen LogP contribution in [0.4, 0.5) is 0 Å². The van der Waals surface area contributed by atoms with Crippen LogP contribution in [-0.4, -0.2) is 13.1 Å². The number of aryl methyl sites for hydroxylation is 2. The standard InChI is InChI=1S/C21H29N/c1-3-21(12-14-22-15-13-21)11-5-8-18-6-4-7-19-10-9-17(2)16-20(18)19/h4,6-7,9-10,16,22H,3,5,8,11-15H2,1-2H3. The number of hydrogen-bond acceptors (Lipinski definition) is 1. The number of benzene rings is 2. The summed E-state index contributed by atoms with van der Waals surface area (Å²) in [5.41, 5.74) is 3.50. The molecule has 1 heterocycles. The Morgan fingerprint density at radius 1 is 1.09 bits per heavy atom. The Hall–Kier alpha value is -1.34. The van der Waals surface area contributed by atoms with Gasteiger partial charge in [-0.05, 0) is 73.9 Å². The molecule has 1 heteroatoms. The van der Waals surface area contributed by atoms with Gasteiger partial charge in [-0.3, -0.25) is 0 Å². The van der Waals surface area contributed by atoms with Crippen LogP contribution in [0.15, 0.2) is 36.4 Å². The highest BCUT2D eigenvalue weighted by Gasteiger charge is 2.29. The molecular weight excluding hydrogens is 266 g/mol. The second-order valence-electron chi connectivity index (χ2n) is 7.10. The van der Waals surface area contributed by atoms with E-state index in [-0.39, 0.29) is 0 Å². The van der Waals surface area contributed by atoms with E-state index >= 15 is 0 Å². The molecule has 1 nitrogen and oxygen atoms in total. The van der Waals surface area contributed by atoms with E-state index in [0.717, 1.165) is 0 Å². The zero-order chi connectivity index (χ0) is 15.4. The van der Waals surface area contributed by atoms with Crippen LogP contribution in [0.5, 0.6) is 0 Å². The fourth-order valence-corrected chi connectivity index (χ4v) is 4.06. The van der Waals surface area contributed by atoms with Crippen LogP contribution in [0.2, 0.25) is 0 Å². The first-order valence-corrected chi connectivity index (χ1v) is 8.91. The van der Waals surface area contributed by atoms with E-state index in [1.54, 1.807) is 0 Å². The van der Waals surface area contributed by atoms with Gasteiger partial charge in [0.2, 0.25) is 0 Å². The van der Waals surface area contributed by atoms with Gasteiger partial charge in [0.25, 0.3) is 0 Å². The molecule has 2 aromatic carbocycles. The molecular formula is C21H29N. The number of nitrogens with one attached hydrogen (secondary N) is 1. The third kappa shape index (κ3) is 3.35. The van der Waals surface area contributed by atoms with Crippen molar-refractivity contribution < 1.29 is 0 Å². The van der Waals surface area contributed by atoms with Crippen molar-refractivity contribution in [3.05, 3.63) is 47.5 Å². The Morgan fingerprint density at radius 3 is 2.68 bits per heavy atom. The second kappa shape index (κ2) is 6.83. The average Bonchev–Trinajstić information content (AvgIpc) is 2.56. The van der Waals surface area contributed by atoms with Gasteiger partial charge < -0.3 is 5.32 Å². The monoisotopic (exact) mass is 295 g/mol. The van der Waals surface area contributed by atoms with Gasteiger partial charge in [0, 0.05) is 0 Å². The van der Waals surface area contributed by atoms with E-state index in [1.165, 1.54) is 73.5 Å². The molecule has 3 rings (SSSR count). The first-order chi connectivity index (χ1) is 10.7. The van der Waals surface area contributed by atoms with Crippen molar-refractivity contribution in [1.82, 2.24) is 5.32 Å². The van der Waals surface area contributed by atoms with Crippen LogP contribution in [0.25, 0.3) is 10.8 Å². The van der Waals surface area contributed by atoms with Crippen LogP contribution in [-0.2, 0) is 6.42 Å². The highest BCUT2D eigenvalue weighted by Crippen LogP contribution is 2.38. The summed E-state index contributed by atoms with van der Waals surface area (Å²) in [7, 11) is 0. The molecule has 1 fully saturated rings. The third-order valence-electron chi connectivity index (χ3n) is 5.70. The van der Waals surface area contributed by atoms with Gasteiger partial charge in [-0.2, -0.15) is 0 Å². The average molecular weight is 295 g/mol. The van der Waals surface area contributed by atoms with E-state index in [4.69, 9.17) is 0 Å². The van der Waals surface area contributed by atoms with Gasteiger partial charge in [0.05, 0.1) is 0 Å². The lowest BCUT2D eigenvalue weighted by Crippen LogP contribution is -2.36. The molecule has 0 aromatic heterocycles. The smallest absolute Gasteiger partial charge is 0.00436 e. The fraction of sp³-hybridized carbons (Fsp3) is 0.524. The highest BCUT2D eigenvalue weighted by atomic mass is 14.9. The summed E-state index contributed by atoms with van der Waals surface area (Å²) < 4.78 is 0. The predicted octanol–water partition coefficient (Wildman–Crippen LogP) is 5.25. The summed E-state index contributed by atoms with van der Waals surface area (Å²) in [5, 5.41) is 6.35. The van der Waals surface area contributed by atoms with Gasteiger partial charge in [-0.1, -0.05) is 55.3 Å². The van der Waals surface area contributed by atoms with Crippen molar-refractivity contribution in [3.8, 4) is 0 Å². The van der Waals surface area contributed by atoms with Crippen molar-refractivity contribution in [3.63, 3.8) is 0 Å². The topological polar surface area (TPSA) is 12.0 Å². The summed E-state index contributed by atoms with van der Waals surface area (Å²) in [5.74, 6) is 0. The van der Waals surface area contributed by atoms with E-state index < -0.39 is 0 Å². The number of rotatable bonds is 5. The lowest BCUT2D eigenvalue weighted by Gasteiger charge is -2.37. The molecule has 2 aromatic rings. The summed E-state index contributed by atoms with van der Waals surface area (Å²) in [6.07, 6.45) is 7.98. The van der Waals surface area contributed by atoms with Gasteiger partial charge in [0.15, 0.2) is 0 Å². The molecule has 0 atom stereocenters. The zero-order valence-corrected chi connectivity index (χ0v) is 14.1. The Bertz CT molecular complexity index is 623. The van der Waals surface area contributed by atoms with Crippen LogP contribution in [0, 0.1) is 12.3 Å². The molecule has 118 valence electrons. The molecule has 0 aliphatic carbocycles. The lowest BCUT2D eigenvalue weighted by atomic mass is 9.73. The molecule has 1 aliphatic rings. The molecule has 22 heavy (non-hydrogen) atoms. The minimum absolute atomic E-state index is 0.603. The Kier molecular flexibility index (Phi) is 4.83. The number of piperidine rings is 1. The normalized spacial score (nSPS) is 17.7. The third-order valence-corrected chi connectivity index (χ3v) is 5.70. The van der Waals surface area contributed by atoms with E-state index in [0.29, 0.717) is 5.41 Å². The predicted molar refractivity (Wildman–Crippen MR) is 96.5 cm³/mol. The molecule has 0 amide bonds.